The highest BCUT2D eigenvalue weighted by Crippen LogP contribution is 2.38. The Bertz CT molecular complexity index is 969. The van der Waals surface area contributed by atoms with Crippen LogP contribution in [0.1, 0.15) is 219 Å². The maximum Gasteiger partial charge on any atom is 0.268 e. The molecule has 9 heteroatoms. The van der Waals surface area contributed by atoms with E-state index in [4.69, 9.17) is 9.05 Å². The molecular formula is C47H93N2O6P. The van der Waals surface area contributed by atoms with E-state index in [1.807, 2.05) is 27.2 Å². The molecule has 0 rings (SSSR count). The topological polar surface area (TPSA) is 108 Å². The van der Waals surface area contributed by atoms with Gasteiger partial charge in [-0.1, -0.05) is 205 Å². The zero-order valence-corrected chi connectivity index (χ0v) is 38.5. The molecule has 0 aliphatic heterocycles. The Morgan fingerprint density at radius 2 is 1.00 bits per heavy atom. The molecule has 0 radical (unpaired) electrons. The molecule has 0 bridgehead atoms. The molecule has 0 aromatic heterocycles. The molecule has 1 amide bonds. The first kappa shape index (κ1) is 55.0. The molecule has 0 aromatic rings. The standard InChI is InChI=1S/C47H93N2O6P/c1-6-8-10-11-12-13-14-15-16-17-18-19-20-21-22-23-24-25-26-27-28-29-30-31-32-33-34-35-36-37-39-40-46(50)45(48-47(51)41-38-9-7-2)44-55-56(52,53)54-43-42-49(3,4)5/h34-35,39-40,45-46,50H,6-33,36-38,41-44H2,1-5H3,(H-,48,51,52,53)/b35-34+,40-39+. The SMILES string of the molecule is CCCCCCCCCCCCCCCCCCCCCCCCCCC/C=C/CC/C=C/C(O)C(COP(=O)([O-])OCC[N+](C)(C)C)NC(=O)CCCCC. The van der Waals surface area contributed by atoms with E-state index in [9.17, 15) is 19.4 Å². The van der Waals surface area contributed by atoms with E-state index in [0.29, 0.717) is 17.4 Å². The van der Waals surface area contributed by atoms with Gasteiger partial charge < -0.3 is 28.8 Å². The summed E-state index contributed by atoms with van der Waals surface area (Å²) in [5.74, 6) is -0.231. The number of carbonyl (C=O) groups excluding carboxylic acids is 1. The van der Waals surface area contributed by atoms with E-state index >= 15 is 0 Å². The van der Waals surface area contributed by atoms with E-state index in [0.717, 1.165) is 38.5 Å². The summed E-state index contributed by atoms with van der Waals surface area (Å²) in [4.78, 5) is 24.8. The Morgan fingerprint density at radius 1 is 0.607 bits per heavy atom. The number of phosphoric acid groups is 1. The van der Waals surface area contributed by atoms with Gasteiger partial charge in [0, 0.05) is 6.42 Å². The smallest absolute Gasteiger partial charge is 0.268 e. The first-order valence-corrected chi connectivity index (χ1v) is 25.2. The van der Waals surface area contributed by atoms with Gasteiger partial charge in [0.1, 0.15) is 13.2 Å². The maximum absolute atomic E-state index is 12.5. The quantitative estimate of drug-likeness (QED) is 0.0275. The van der Waals surface area contributed by atoms with Crippen molar-refractivity contribution in [3.8, 4) is 0 Å². The minimum absolute atomic E-state index is 0.00597. The number of nitrogens with zero attached hydrogens (tertiary/aromatic N) is 1. The number of carbonyl (C=O) groups is 1. The third-order valence-corrected chi connectivity index (χ3v) is 11.6. The number of likely N-dealkylation sites (N-methyl/N-ethyl adjacent to an activating group) is 1. The van der Waals surface area contributed by atoms with Gasteiger partial charge in [-0.05, 0) is 32.1 Å². The number of nitrogens with one attached hydrogen (secondary N) is 1. The number of unbranched alkanes of at least 4 members (excludes halogenated alkanes) is 28. The minimum Gasteiger partial charge on any atom is -0.756 e. The molecule has 0 spiro atoms. The summed E-state index contributed by atoms with van der Waals surface area (Å²) in [6.07, 6.45) is 47.9. The molecule has 3 atom stereocenters. The number of allylic oxidation sites excluding steroid dienone is 3. The molecule has 0 fully saturated rings. The zero-order chi connectivity index (χ0) is 41.4. The van der Waals surface area contributed by atoms with Crippen molar-refractivity contribution in [2.45, 2.75) is 231 Å². The number of amides is 1. The lowest BCUT2D eigenvalue weighted by Gasteiger charge is -2.29. The van der Waals surface area contributed by atoms with Crippen molar-refractivity contribution >= 4 is 13.7 Å². The normalized spacial score (nSPS) is 14.5. The van der Waals surface area contributed by atoms with Gasteiger partial charge in [0.15, 0.2) is 0 Å². The fraction of sp³-hybridized carbons (Fsp3) is 0.894. The van der Waals surface area contributed by atoms with E-state index in [1.165, 1.54) is 161 Å². The second-order valence-electron chi connectivity index (χ2n) is 17.5. The first-order chi connectivity index (χ1) is 27.0. The van der Waals surface area contributed by atoms with Gasteiger partial charge in [0.05, 0.1) is 39.9 Å². The lowest BCUT2D eigenvalue weighted by atomic mass is 10.0. The molecule has 0 saturated carbocycles. The second-order valence-corrected chi connectivity index (χ2v) is 18.9. The van der Waals surface area contributed by atoms with Gasteiger partial charge in [-0.25, -0.2) is 0 Å². The van der Waals surface area contributed by atoms with Gasteiger partial charge in [-0.2, -0.15) is 0 Å². The van der Waals surface area contributed by atoms with Crippen LogP contribution in [0.15, 0.2) is 24.3 Å². The van der Waals surface area contributed by atoms with Crippen LogP contribution < -0.4 is 10.2 Å². The molecule has 332 valence electrons. The lowest BCUT2D eigenvalue weighted by Crippen LogP contribution is -2.45. The molecule has 0 aromatic carbocycles. The number of quaternary nitrogens is 1. The third kappa shape index (κ3) is 41.2. The Labute approximate surface area is 347 Å². The van der Waals surface area contributed by atoms with Crippen molar-refractivity contribution in [1.82, 2.24) is 5.32 Å². The Balaban J connectivity index is 3.86. The van der Waals surface area contributed by atoms with E-state index in [1.54, 1.807) is 6.08 Å². The predicted octanol–water partition coefficient (Wildman–Crippen LogP) is 12.7. The maximum atomic E-state index is 12.5. The highest BCUT2D eigenvalue weighted by Gasteiger charge is 2.23. The molecule has 0 heterocycles. The fourth-order valence-corrected chi connectivity index (χ4v) is 7.60. The second kappa shape index (κ2) is 39.4. The zero-order valence-electron chi connectivity index (χ0n) is 37.6. The summed E-state index contributed by atoms with van der Waals surface area (Å²) < 4.78 is 22.9. The third-order valence-electron chi connectivity index (χ3n) is 10.7. The molecule has 3 unspecified atom stereocenters. The van der Waals surface area contributed by atoms with Crippen molar-refractivity contribution < 1.29 is 32.9 Å². The van der Waals surface area contributed by atoms with Gasteiger partial charge >= 0.3 is 0 Å². The summed E-state index contributed by atoms with van der Waals surface area (Å²) in [7, 11) is 1.24. The van der Waals surface area contributed by atoms with Gasteiger partial charge in [0.25, 0.3) is 7.82 Å². The molecule has 0 saturated heterocycles. The molecular weight excluding hydrogens is 719 g/mol. The summed E-state index contributed by atoms with van der Waals surface area (Å²) in [6.45, 7) is 4.45. The van der Waals surface area contributed by atoms with Gasteiger partial charge in [-0.15, -0.1) is 0 Å². The monoisotopic (exact) mass is 813 g/mol. The van der Waals surface area contributed by atoms with E-state index in [-0.39, 0.29) is 12.5 Å². The fourth-order valence-electron chi connectivity index (χ4n) is 6.87. The van der Waals surface area contributed by atoms with Crippen LogP contribution in [0, 0.1) is 0 Å². The molecule has 56 heavy (non-hydrogen) atoms. The van der Waals surface area contributed by atoms with E-state index < -0.39 is 26.6 Å². The van der Waals surface area contributed by atoms with Crippen LogP contribution in [0.2, 0.25) is 0 Å². The van der Waals surface area contributed by atoms with Crippen LogP contribution in [-0.2, 0) is 18.4 Å². The lowest BCUT2D eigenvalue weighted by molar-refractivity contribution is -0.870. The van der Waals surface area contributed by atoms with Crippen molar-refractivity contribution in [1.29, 1.82) is 0 Å². The summed E-state index contributed by atoms with van der Waals surface area (Å²) in [5, 5.41) is 13.5. The first-order valence-electron chi connectivity index (χ1n) is 23.7. The minimum atomic E-state index is -4.57. The number of hydrogen-bond donors (Lipinski definition) is 2. The summed E-state index contributed by atoms with van der Waals surface area (Å²) >= 11 is 0. The number of aliphatic hydroxyl groups is 1. The Morgan fingerprint density at radius 3 is 1.45 bits per heavy atom. The van der Waals surface area contributed by atoms with Crippen molar-refractivity contribution in [2.75, 3.05) is 40.9 Å². The highest BCUT2D eigenvalue weighted by atomic mass is 31.2. The highest BCUT2D eigenvalue weighted by molar-refractivity contribution is 7.45. The van der Waals surface area contributed by atoms with Crippen LogP contribution in [0.3, 0.4) is 0 Å². The average Bonchev–Trinajstić information content (AvgIpc) is 3.15. The largest absolute Gasteiger partial charge is 0.756 e. The Hall–Kier alpha value is -1.02. The predicted molar refractivity (Wildman–Crippen MR) is 238 cm³/mol. The summed E-state index contributed by atoms with van der Waals surface area (Å²) in [5.41, 5.74) is 0. The molecule has 0 aliphatic carbocycles. The van der Waals surface area contributed by atoms with Crippen LogP contribution >= 0.6 is 7.82 Å². The van der Waals surface area contributed by atoms with Crippen LogP contribution in [-0.4, -0.2) is 68.5 Å². The average molecular weight is 813 g/mol. The van der Waals surface area contributed by atoms with Crippen molar-refractivity contribution in [3.05, 3.63) is 24.3 Å². The van der Waals surface area contributed by atoms with Crippen LogP contribution in [0.5, 0.6) is 0 Å². The van der Waals surface area contributed by atoms with Gasteiger partial charge in [-0.3, -0.25) is 9.36 Å². The number of aliphatic hydroxyl groups excluding tert-OH is 1. The number of rotatable bonds is 43. The van der Waals surface area contributed by atoms with Crippen LogP contribution in [0.25, 0.3) is 0 Å². The molecule has 0 aliphatic rings. The number of phosphoric ester groups is 1. The Kier molecular flexibility index (Phi) is 38.7. The van der Waals surface area contributed by atoms with Gasteiger partial charge in [0.2, 0.25) is 5.91 Å². The number of hydrogen-bond acceptors (Lipinski definition) is 6. The summed E-state index contributed by atoms with van der Waals surface area (Å²) in [6, 6.07) is -0.895. The molecule has 8 nitrogen and oxygen atoms in total. The van der Waals surface area contributed by atoms with Crippen molar-refractivity contribution in [3.63, 3.8) is 0 Å². The molecule has 2 N–H and O–H groups in total. The van der Waals surface area contributed by atoms with Crippen molar-refractivity contribution in [2.24, 2.45) is 0 Å². The van der Waals surface area contributed by atoms with Crippen LogP contribution in [0.4, 0.5) is 0 Å². The van der Waals surface area contributed by atoms with E-state index in [2.05, 4.69) is 31.3 Å².